The molecule has 0 bridgehead atoms. The number of sulfone groups is 2. The lowest BCUT2D eigenvalue weighted by atomic mass is 10.2. The van der Waals surface area contributed by atoms with Crippen LogP contribution >= 0.6 is 0 Å². The predicted octanol–water partition coefficient (Wildman–Crippen LogP) is 0.221. The van der Waals surface area contributed by atoms with Gasteiger partial charge in [-0.25, -0.2) is 16.8 Å². The molecule has 0 saturated carbocycles. The van der Waals surface area contributed by atoms with Crippen molar-refractivity contribution in [1.82, 2.24) is 0 Å². The first-order chi connectivity index (χ1) is 9.66. The lowest BCUT2D eigenvalue weighted by molar-refractivity contribution is -0.136. The van der Waals surface area contributed by atoms with E-state index in [1.165, 1.54) is 24.3 Å². The van der Waals surface area contributed by atoms with E-state index in [9.17, 15) is 21.6 Å². The lowest BCUT2D eigenvalue weighted by Gasteiger charge is -2.05. The number of nitrogens with zero attached hydrogens (tertiary/aromatic N) is 1. The van der Waals surface area contributed by atoms with Gasteiger partial charge in [0.2, 0.25) is 0 Å². The Hall–Kier alpha value is -1.92. The van der Waals surface area contributed by atoms with Crippen LogP contribution in [0.15, 0.2) is 29.2 Å². The van der Waals surface area contributed by atoms with E-state index in [-0.39, 0.29) is 10.5 Å². The molecule has 0 aliphatic carbocycles. The molecule has 0 fully saturated rings. The maximum atomic E-state index is 12.0. The molecule has 1 N–H and O–H groups in total. The summed E-state index contributed by atoms with van der Waals surface area (Å²) in [7, 11) is -7.60. The number of carbonyl (C=O) groups is 1. The van der Waals surface area contributed by atoms with Crippen LogP contribution in [0.3, 0.4) is 0 Å². The summed E-state index contributed by atoms with van der Waals surface area (Å²) in [5.74, 6) is -3.16. The monoisotopic (exact) mass is 331 g/mol. The van der Waals surface area contributed by atoms with Gasteiger partial charge in [0.1, 0.15) is 0 Å². The highest BCUT2D eigenvalue weighted by molar-refractivity contribution is 7.95. The Bertz CT molecular complexity index is 774. The minimum Gasteiger partial charge on any atom is -0.481 e. The van der Waals surface area contributed by atoms with E-state index >= 15 is 0 Å². The van der Waals surface area contributed by atoms with Crippen LogP contribution in [0.2, 0.25) is 0 Å². The third kappa shape index (κ3) is 5.53. The molecule has 1 aromatic carbocycles. The highest BCUT2D eigenvalue weighted by Gasteiger charge is 2.21. The number of rotatable bonds is 7. The number of nitriles is 1. The van der Waals surface area contributed by atoms with E-state index in [2.05, 4.69) is 0 Å². The highest BCUT2D eigenvalue weighted by Crippen LogP contribution is 2.13. The Morgan fingerprint density at radius 2 is 1.81 bits per heavy atom. The van der Waals surface area contributed by atoms with E-state index in [0.29, 0.717) is 0 Å². The van der Waals surface area contributed by atoms with Gasteiger partial charge in [-0.3, -0.25) is 4.79 Å². The molecule has 0 saturated heterocycles. The van der Waals surface area contributed by atoms with Gasteiger partial charge in [0.05, 0.1) is 40.2 Å². The highest BCUT2D eigenvalue weighted by atomic mass is 32.2. The molecule has 7 nitrogen and oxygen atoms in total. The van der Waals surface area contributed by atoms with Crippen molar-refractivity contribution in [3.05, 3.63) is 29.8 Å². The average Bonchev–Trinajstić information content (AvgIpc) is 2.43. The van der Waals surface area contributed by atoms with Crippen LogP contribution < -0.4 is 0 Å². The van der Waals surface area contributed by atoms with E-state index in [0.717, 1.165) is 0 Å². The number of benzene rings is 1. The van der Waals surface area contributed by atoms with Crippen molar-refractivity contribution >= 4 is 25.6 Å². The first-order valence-electron chi connectivity index (χ1n) is 5.81. The van der Waals surface area contributed by atoms with Gasteiger partial charge in [-0.1, -0.05) is 6.07 Å². The fourth-order valence-corrected chi connectivity index (χ4v) is 4.87. The van der Waals surface area contributed by atoms with Crippen molar-refractivity contribution in [2.75, 3.05) is 17.3 Å². The van der Waals surface area contributed by atoms with Crippen LogP contribution in [-0.2, 0) is 24.5 Å². The second-order valence-electron chi connectivity index (χ2n) is 4.25. The number of hydrogen-bond acceptors (Lipinski definition) is 6. The molecule has 0 radical (unpaired) electrons. The quantitative estimate of drug-likeness (QED) is 0.756. The van der Waals surface area contributed by atoms with Crippen LogP contribution in [0.5, 0.6) is 0 Å². The van der Waals surface area contributed by atoms with Gasteiger partial charge in [-0.2, -0.15) is 5.26 Å². The SMILES string of the molecule is N#Cc1cccc(S(=O)(=O)CCS(=O)(=O)CCC(=O)O)c1. The van der Waals surface area contributed by atoms with Crippen molar-refractivity contribution < 1.29 is 26.7 Å². The van der Waals surface area contributed by atoms with Crippen molar-refractivity contribution in [3.63, 3.8) is 0 Å². The molecular formula is C12H13NO6S2. The molecule has 0 aromatic heterocycles. The summed E-state index contributed by atoms with van der Waals surface area (Å²) in [4.78, 5) is 10.2. The Morgan fingerprint density at radius 3 is 2.38 bits per heavy atom. The Morgan fingerprint density at radius 1 is 1.14 bits per heavy atom. The normalized spacial score (nSPS) is 11.8. The van der Waals surface area contributed by atoms with Gasteiger partial charge in [0, 0.05) is 0 Å². The molecule has 0 unspecified atom stereocenters. The van der Waals surface area contributed by atoms with Crippen molar-refractivity contribution in [3.8, 4) is 6.07 Å². The van der Waals surface area contributed by atoms with Gasteiger partial charge >= 0.3 is 5.97 Å². The topological polar surface area (TPSA) is 129 Å². The molecule has 21 heavy (non-hydrogen) atoms. The molecule has 114 valence electrons. The first kappa shape index (κ1) is 17.1. The van der Waals surface area contributed by atoms with Gasteiger partial charge in [0.25, 0.3) is 0 Å². The summed E-state index contributed by atoms with van der Waals surface area (Å²) in [6.45, 7) is 0. The van der Waals surface area contributed by atoms with E-state index < -0.39 is 49.3 Å². The van der Waals surface area contributed by atoms with Crippen LogP contribution in [-0.4, -0.2) is 45.2 Å². The van der Waals surface area contributed by atoms with Crippen LogP contribution in [0.4, 0.5) is 0 Å². The molecule has 1 aromatic rings. The maximum Gasteiger partial charge on any atom is 0.304 e. The average molecular weight is 331 g/mol. The molecular weight excluding hydrogens is 318 g/mol. The third-order valence-electron chi connectivity index (χ3n) is 2.61. The Labute approximate surface area is 122 Å². The van der Waals surface area contributed by atoms with Gasteiger partial charge < -0.3 is 5.11 Å². The summed E-state index contributed by atoms with van der Waals surface area (Å²) < 4.78 is 47.1. The van der Waals surface area contributed by atoms with Gasteiger partial charge in [0.15, 0.2) is 19.7 Å². The number of hydrogen-bond donors (Lipinski definition) is 1. The van der Waals surface area contributed by atoms with Gasteiger partial charge in [-0.15, -0.1) is 0 Å². The summed E-state index contributed by atoms with van der Waals surface area (Å²) in [6.07, 6.45) is -0.563. The minimum absolute atomic E-state index is 0.130. The minimum atomic E-state index is -3.84. The molecule has 0 aliphatic heterocycles. The second-order valence-corrected chi connectivity index (χ2v) is 8.67. The van der Waals surface area contributed by atoms with Crippen LogP contribution in [0.25, 0.3) is 0 Å². The zero-order valence-electron chi connectivity index (χ0n) is 10.9. The van der Waals surface area contributed by atoms with Crippen LogP contribution in [0, 0.1) is 11.3 Å². The van der Waals surface area contributed by atoms with Gasteiger partial charge in [-0.05, 0) is 18.2 Å². The van der Waals surface area contributed by atoms with E-state index in [1.807, 2.05) is 0 Å². The predicted molar refractivity (Wildman–Crippen MR) is 74.1 cm³/mol. The molecule has 1 rings (SSSR count). The number of carboxylic acid groups (broad SMARTS) is 1. The standard InChI is InChI=1S/C12H13NO6S2/c13-9-10-2-1-3-11(8-10)21(18,19)7-6-20(16,17)5-4-12(14)15/h1-3,8H,4-7H2,(H,14,15). The molecule has 0 heterocycles. The summed E-state index contributed by atoms with van der Waals surface area (Å²) in [5, 5.41) is 17.1. The van der Waals surface area contributed by atoms with Crippen molar-refractivity contribution in [2.45, 2.75) is 11.3 Å². The lowest BCUT2D eigenvalue weighted by Crippen LogP contribution is -2.21. The first-order valence-corrected chi connectivity index (χ1v) is 9.29. The zero-order valence-corrected chi connectivity index (χ0v) is 12.5. The zero-order chi connectivity index (χ0) is 16.1. The van der Waals surface area contributed by atoms with E-state index in [1.54, 1.807) is 6.07 Å². The van der Waals surface area contributed by atoms with Crippen molar-refractivity contribution in [1.29, 1.82) is 5.26 Å². The molecule has 9 heteroatoms. The largest absolute Gasteiger partial charge is 0.481 e. The Balaban J connectivity index is 2.82. The number of aliphatic carboxylic acids is 1. The molecule has 0 amide bonds. The maximum absolute atomic E-state index is 12.0. The fraction of sp³-hybridized carbons (Fsp3) is 0.333. The summed E-state index contributed by atoms with van der Waals surface area (Å²) in [5.41, 5.74) is 0.157. The molecule has 0 aliphatic rings. The fourth-order valence-electron chi connectivity index (χ4n) is 1.46. The third-order valence-corrected chi connectivity index (χ3v) is 6.24. The summed E-state index contributed by atoms with van der Waals surface area (Å²) in [6, 6.07) is 7.07. The smallest absolute Gasteiger partial charge is 0.304 e. The second kappa shape index (κ2) is 6.69. The Kier molecular flexibility index (Phi) is 5.46. The number of carboxylic acids is 1. The molecule has 0 spiro atoms. The summed E-state index contributed by atoms with van der Waals surface area (Å²) >= 11 is 0. The molecule has 0 atom stereocenters. The van der Waals surface area contributed by atoms with Crippen molar-refractivity contribution in [2.24, 2.45) is 0 Å². The van der Waals surface area contributed by atoms with E-state index in [4.69, 9.17) is 10.4 Å². The van der Waals surface area contributed by atoms with Crippen LogP contribution in [0.1, 0.15) is 12.0 Å².